The molecule has 22 heavy (non-hydrogen) atoms. The molecule has 1 aromatic heterocycles. The number of nitrogens with zero attached hydrogens (tertiary/aromatic N) is 2. The number of hydrogen-bond donors (Lipinski definition) is 1. The van der Waals surface area contributed by atoms with Crippen LogP contribution in [0.1, 0.15) is 29.4 Å². The van der Waals surface area contributed by atoms with E-state index in [9.17, 15) is 4.79 Å². The van der Waals surface area contributed by atoms with Gasteiger partial charge in [-0.3, -0.25) is 4.79 Å². The van der Waals surface area contributed by atoms with E-state index in [1.807, 2.05) is 45.0 Å². The quantitative estimate of drug-likeness (QED) is 0.921. The first-order chi connectivity index (χ1) is 10.5. The summed E-state index contributed by atoms with van der Waals surface area (Å²) < 4.78 is 5.68. The lowest BCUT2D eigenvalue weighted by Crippen LogP contribution is -2.36. The number of nitrogens with one attached hydrogen (secondary N) is 1. The average Bonchev–Trinajstić information content (AvgIpc) is 2.48. The van der Waals surface area contributed by atoms with Crippen LogP contribution in [0.15, 0.2) is 30.6 Å². The fourth-order valence-corrected chi connectivity index (χ4v) is 1.97. The molecule has 0 saturated heterocycles. The third-order valence-corrected chi connectivity index (χ3v) is 3.46. The zero-order valence-electron chi connectivity index (χ0n) is 13.4. The molecule has 1 amide bonds. The van der Waals surface area contributed by atoms with Crippen LogP contribution in [0.5, 0.6) is 5.75 Å². The van der Waals surface area contributed by atoms with Gasteiger partial charge in [-0.15, -0.1) is 0 Å². The largest absolute Gasteiger partial charge is 0.481 e. The van der Waals surface area contributed by atoms with E-state index in [2.05, 4.69) is 15.3 Å². The summed E-state index contributed by atoms with van der Waals surface area (Å²) in [7, 11) is 0. The topological polar surface area (TPSA) is 64.1 Å². The number of aromatic nitrogens is 2. The Morgan fingerprint density at radius 3 is 2.64 bits per heavy atom. The molecule has 0 aliphatic heterocycles. The van der Waals surface area contributed by atoms with Gasteiger partial charge in [0.15, 0.2) is 6.10 Å². The van der Waals surface area contributed by atoms with Gasteiger partial charge in [0, 0.05) is 5.69 Å². The minimum atomic E-state index is -0.565. The summed E-state index contributed by atoms with van der Waals surface area (Å²) in [5.41, 5.74) is 3.99. The zero-order chi connectivity index (χ0) is 16.1. The maximum absolute atomic E-state index is 12.1. The van der Waals surface area contributed by atoms with Gasteiger partial charge in [0.2, 0.25) is 0 Å². The van der Waals surface area contributed by atoms with E-state index < -0.39 is 6.10 Å². The van der Waals surface area contributed by atoms with Crippen LogP contribution in [0.25, 0.3) is 0 Å². The molecule has 1 N–H and O–H groups in total. The Labute approximate surface area is 130 Å². The smallest absolute Gasteiger partial charge is 0.261 e. The molecule has 2 aromatic rings. The molecule has 1 atom stereocenters. The van der Waals surface area contributed by atoms with Crippen molar-refractivity contribution in [1.29, 1.82) is 0 Å². The highest BCUT2D eigenvalue weighted by Crippen LogP contribution is 2.17. The minimum Gasteiger partial charge on any atom is -0.481 e. The maximum atomic E-state index is 12.1. The first-order valence-corrected chi connectivity index (χ1v) is 7.25. The molecule has 0 spiro atoms. The number of benzene rings is 1. The van der Waals surface area contributed by atoms with Crippen molar-refractivity contribution in [3.8, 4) is 5.75 Å². The van der Waals surface area contributed by atoms with Crippen molar-refractivity contribution in [1.82, 2.24) is 15.3 Å². The van der Waals surface area contributed by atoms with E-state index in [0.29, 0.717) is 12.3 Å². The normalized spacial score (nSPS) is 11.8. The van der Waals surface area contributed by atoms with Gasteiger partial charge >= 0.3 is 0 Å². The SMILES string of the molecule is Cc1cc(CNC(=O)C(C)Oc2ccc(C)c(C)c2)ncn1. The summed E-state index contributed by atoms with van der Waals surface area (Å²) in [6, 6.07) is 7.64. The number of ether oxygens (including phenoxy) is 1. The molecular weight excluding hydrogens is 278 g/mol. The van der Waals surface area contributed by atoms with E-state index in [-0.39, 0.29) is 5.91 Å². The van der Waals surface area contributed by atoms with Crippen LogP contribution < -0.4 is 10.1 Å². The molecule has 0 aliphatic rings. The highest BCUT2D eigenvalue weighted by molar-refractivity contribution is 5.80. The van der Waals surface area contributed by atoms with E-state index in [4.69, 9.17) is 4.74 Å². The molecule has 5 heteroatoms. The van der Waals surface area contributed by atoms with Gasteiger partial charge in [-0.05, 0) is 57.0 Å². The van der Waals surface area contributed by atoms with Gasteiger partial charge in [0.1, 0.15) is 12.1 Å². The molecule has 0 radical (unpaired) electrons. The Kier molecular flexibility index (Phi) is 5.09. The fraction of sp³-hybridized carbons (Fsp3) is 0.353. The van der Waals surface area contributed by atoms with Crippen molar-refractivity contribution in [2.75, 3.05) is 0 Å². The molecule has 116 valence electrons. The molecule has 0 saturated carbocycles. The summed E-state index contributed by atoms with van der Waals surface area (Å²) in [4.78, 5) is 20.2. The molecular formula is C17H21N3O2. The third-order valence-electron chi connectivity index (χ3n) is 3.46. The maximum Gasteiger partial charge on any atom is 0.261 e. The Hall–Kier alpha value is -2.43. The second-order valence-corrected chi connectivity index (χ2v) is 5.37. The van der Waals surface area contributed by atoms with Crippen LogP contribution in [0.2, 0.25) is 0 Å². The van der Waals surface area contributed by atoms with Gasteiger partial charge in [-0.25, -0.2) is 9.97 Å². The lowest BCUT2D eigenvalue weighted by molar-refractivity contribution is -0.127. The van der Waals surface area contributed by atoms with Gasteiger partial charge in [0.25, 0.3) is 5.91 Å². The number of carbonyl (C=O) groups is 1. The lowest BCUT2D eigenvalue weighted by Gasteiger charge is -2.15. The summed E-state index contributed by atoms with van der Waals surface area (Å²) in [6.07, 6.45) is 0.927. The summed E-state index contributed by atoms with van der Waals surface area (Å²) in [5, 5.41) is 2.82. The number of rotatable bonds is 5. The molecule has 0 aliphatic carbocycles. The number of aryl methyl sites for hydroxylation is 3. The molecule has 0 fully saturated rings. The summed E-state index contributed by atoms with van der Waals surface area (Å²) >= 11 is 0. The molecule has 5 nitrogen and oxygen atoms in total. The number of amides is 1. The van der Waals surface area contributed by atoms with Gasteiger partial charge in [0.05, 0.1) is 12.2 Å². The second-order valence-electron chi connectivity index (χ2n) is 5.37. The molecule has 1 heterocycles. The van der Waals surface area contributed by atoms with Crippen molar-refractivity contribution < 1.29 is 9.53 Å². The molecule has 0 bridgehead atoms. The van der Waals surface area contributed by atoms with Crippen molar-refractivity contribution in [3.05, 3.63) is 53.1 Å². The predicted molar refractivity (Wildman–Crippen MR) is 84.6 cm³/mol. The first kappa shape index (κ1) is 15.9. The van der Waals surface area contributed by atoms with Crippen molar-refractivity contribution in [3.63, 3.8) is 0 Å². The van der Waals surface area contributed by atoms with Gasteiger partial charge < -0.3 is 10.1 Å². The van der Waals surface area contributed by atoms with Crippen LogP contribution in [0.3, 0.4) is 0 Å². The average molecular weight is 299 g/mol. The Morgan fingerprint density at radius 1 is 1.18 bits per heavy atom. The Morgan fingerprint density at radius 2 is 1.95 bits per heavy atom. The van der Waals surface area contributed by atoms with Crippen LogP contribution >= 0.6 is 0 Å². The zero-order valence-corrected chi connectivity index (χ0v) is 13.4. The summed E-state index contributed by atoms with van der Waals surface area (Å²) in [5.74, 6) is 0.526. The lowest BCUT2D eigenvalue weighted by atomic mass is 10.1. The molecule has 1 aromatic carbocycles. The molecule has 2 rings (SSSR count). The monoisotopic (exact) mass is 299 g/mol. The third kappa shape index (κ3) is 4.28. The standard InChI is InChI=1S/C17H21N3O2/c1-11-5-6-16(7-12(11)2)22-14(4)17(21)18-9-15-8-13(3)19-10-20-15/h5-8,10,14H,9H2,1-4H3,(H,18,21). The summed E-state index contributed by atoms with van der Waals surface area (Å²) in [6.45, 7) is 8.04. The van der Waals surface area contributed by atoms with Crippen molar-refractivity contribution in [2.24, 2.45) is 0 Å². The van der Waals surface area contributed by atoms with Crippen molar-refractivity contribution in [2.45, 2.75) is 40.3 Å². The highest BCUT2D eigenvalue weighted by Gasteiger charge is 2.14. The van der Waals surface area contributed by atoms with E-state index in [1.54, 1.807) is 6.92 Å². The number of carbonyl (C=O) groups excluding carboxylic acids is 1. The van der Waals surface area contributed by atoms with Crippen molar-refractivity contribution >= 4 is 5.91 Å². The second kappa shape index (κ2) is 7.02. The van der Waals surface area contributed by atoms with Crippen LogP contribution in [0, 0.1) is 20.8 Å². The molecule has 1 unspecified atom stereocenters. The predicted octanol–water partition coefficient (Wildman–Crippen LogP) is 2.49. The van der Waals surface area contributed by atoms with E-state index >= 15 is 0 Å². The van der Waals surface area contributed by atoms with E-state index in [1.165, 1.54) is 11.9 Å². The van der Waals surface area contributed by atoms with Crippen LogP contribution in [-0.4, -0.2) is 22.0 Å². The Balaban J connectivity index is 1.90. The van der Waals surface area contributed by atoms with Crippen LogP contribution in [0.4, 0.5) is 0 Å². The first-order valence-electron chi connectivity index (χ1n) is 7.25. The minimum absolute atomic E-state index is 0.172. The van der Waals surface area contributed by atoms with E-state index in [0.717, 1.165) is 17.0 Å². The highest BCUT2D eigenvalue weighted by atomic mass is 16.5. The Bertz CT molecular complexity index is 671. The fourth-order valence-electron chi connectivity index (χ4n) is 1.97. The van der Waals surface area contributed by atoms with Gasteiger partial charge in [-0.1, -0.05) is 6.07 Å². The van der Waals surface area contributed by atoms with Gasteiger partial charge in [-0.2, -0.15) is 0 Å². The number of hydrogen-bond acceptors (Lipinski definition) is 4. The van der Waals surface area contributed by atoms with Crippen LogP contribution in [-0.2, 0) is 11.3 Å².